The average Bonchev–Trinajstić information content (AvgIpc) is 2.69. The van der Waals surface area contributed by atoms with Crippen LogP contribution in [0.2, 0.25) is 0 Å². The zero-order valence-electron chi connectivity index (χ0n) is 12.8. The maximum atomic E-state index is 13.5. The van der Waals surface area contributed by atoms with E-state index in [1.807, 2.05) is 13.1 Å². The molecule has 2 aliphatic heterocycles. The second-order valence-electron chi connectivity index (χ2n) is 6.62. The van der Waals surface area contributed by atoms with Crippen LogP contribution in [0.3, 0.4) is 0 Å². The van der Waals surface area contributed by atoms with Crippen molar-refractivity contribution in [2.45, 2.75) is 50.2 Å². The number of piperidine rings is 1. The molecule has 3 atom stereocenters. The van der Waals surface area contributed by atoms with Crippen molar-refractivity contribution in [3.8, 4) is 0 Å². The van der Waals surface area contributed by atoms with Gasteiger partial charge in [-0.05, 0) is 75.9 Å². The summed E-state index contributed by atoms with van der Waals surface area (Å²) in [4.78, 5) is 2.57. The van der Waals surface area contributed by atoms with Gasteiger partial charge in [-0.3, -0.25) is 0 Å². The minimum absolute atomic E-state index is 0.147. The third-order valence-electron chi connectivity index (χ3n) is 5.52. The van der Waals surface area contributed by atoms with E-state index in [1.165, 1.54) is 31.7 Å². The van der Waals surface area contributed by atoms with E-state index in [-0.39, 0.29) is 5.82 Å². The predicted molar refractivity (Wildman–Crippen MR) is 87.9 cm³/mol. The summed E-state index contributed by atoms with van der Waals surface area (Å²) in [5, 5.41) is 3.49. The Kier molecular flexibility index (Phi) is 4.67. The summed E-state index contributed by atoms with van der Waals surface area (Å²) >= 11 is 3.56. The van der Waals surface area contributed by atoms with E-state index in [2.05, 4.69) is 33.2 Å². The number of likely N-dealkylation sites (N-methyl/N-ethyl adjacent to an activating group) is 1. The molecule has 116 valence electrons. The largest absolute Gasteiger partial charge is 0.316 e. The zero-order chi connectivity index (χ0) is 15.0. The van der Waals surface area contributed by atoms with Crippen LogP contribution in [0.15, 0.2) is 22.7 Å². The van der Waals surface area contributed by atoms with Crippen LogP contribution < -0.4 is 5.32 Å². The number of fused-ring (bicyclic) bond motifs is 2. The van der Waals surface area contributed by atoms with Gasteiger partial charge in [0.2, 0.25) is 0 Å². The molecule has 4 heteroatoms. The van der Waals surface area contributed by atoms with E-state index in [4.69, 9.17) is 0 Å². The van der Waals surface area contributed by atoms with Crippen molar-refractivity contribution < 1.29 is 4.39 Å². The van der Waals surface area contributed by atoms with Crippen molar-refractivity contribution in [1.29, 1.82) is 0 Å². The summed E-state index contributed by atoms with van der Waals surface area (Å²) in [7, 11) is 4.31. The number of hydrogen-bond acceptors (Lipinski definition) is 2. The van der Waals surface area contributed by atoms with Gasteiger partial charge in [0.05, 0.1) is 0 Å². The van der Waals surface area contributed by atoms with Crippen LogP contribution in [0, 0.1) is 11.7 Å². The van der Waals surface area contributed by atoms with E-state index >= 15 is 0 Å². The fraction of sp³-hybridized carbons (Fsp3) is 0.647. The zero-order valence-corrected chi connectivity index (χ0v) is 14.4. The van der Waals surface area contributed by atoms with Gasteiger partial charge in [0, 0.05) is 22.6 Å². The minimum Gasteiger partial charge on any atom is -0.316 e. The molecule has 2 nitrogen and oxygen atoms in total. The molecule has 0 spiro atoms. The minimum atomic E-state index is -0.147. The topological polar surface area (TPSA) is 15.3 Å². The highest BCUT2D eigenvalue weighted by Crippen LogP contribution is 2.39. The van der Waals surface area contributed by atoms with Crippen molar-refractivity contribution in [3.63, 3.8) is 0 Å². The molecule has 0 aromatic heterocycles. The molecule has 2 bridgehead atoms. The molecule has 2 aliphatic rings. The Hall–Kier alpha value is -0.450. The average molecular weight is 355 g/mol. The lowest BCUT2D eigenvalue weighted by molar-refractivity contribution is 0.114. The van der Waals surface area contributed by atoms with Gasteiger partial charge in [-0.15, -0.1) is 0 Å². The third-order valence-corrected chi connectivity index (χ3v) is 6.30. The Balaban J connectivity index is 1.72. The molecule has 2 heterocycles. The fourth-order valence-electron chi connectivity index (χ4n) is 4.22. The summed E-state index contributed by atoms with van der Waals surface area (Å²) < 4.78 is 14.5. The normalized spacial score (nSPS) is 30.6. The SMILES string of the molecule is CNC(Cc1cc(F)ccc1Br)C1CC2CCC(C1)N2C. The molecular formula is C17H24BrFN2. The van der Waals surface area contributed by atoms with Crippen LogP contribution in [0.4, 0.5) is 4.39 Å². The first-order valence-corrected chi connectivity index (χ1v) is 8.71. The van der Waals surface area contributed by atoms with Crippen molar-refractivity contribution in [2.75, 3.05) is 14.1 Å². The lowest BCUT2D eigenvalue weighted by Gasteiger charge is -2.40. The van der Waals surface area contributed by atoms with Crippen molar-refractivity contribution in [1.82, 2.24) is 10.2 Å². The van der Waals surface area contributed by atoms with Gasteiger partial charge in [0.1, 0.15) is 5.82 Å². The monoisotopic (exact) mass is 354 g/mol. The second-order valence-corrected chi connectivity index (χ2v) is 7.47. The molecule has 0 saturated carbocycles. The van der Waals surface area contributed by atoms with Crippen molar-refractivity contribution in [3.05, 3.63) is 34.1 Å². The molecular weight excluding hydrogens is 331 g/mol. The molecule has 0 amide bonds. The molecule has 0 radical (unpaired) electrons. The summed E-state index contributed by atoms with van der Waals surface area (Å²) in [6, 6.07) is 6.92. The van der Waals surface area contributed by atoms with Gasteiger partial charge >= 0.3 is 0 Å². The lowest BCUT2D eigenvalue weighted by Crippen LogP contribution is -2.47. The van der Waals surface area contributed by atoms with E-state index in [9.17, 15) is 4.39 Å². The standard InChI is InChI=1S/C17H24BrFN2/c1-20-17(10-11-7-13(19)3-6-16(11)18)12-8-14-4-5-15(9-12)21(14)2/h3,6-7,12,14-15,17,20H,4-5,8-10H2,1-2H3. The molecule has 1 aromatic rings. The van der Waals surface area contributed by atoms with Gasteiger partial charge < -0.3 is 10.2 Å². The third kappa shape index (κ3) is 3.17. The summed E-state index contributed by atoms with van der Waals surface area (Å²) in [5.74, 6) is 0.547. The molecule has 1 N–H and O–H groups in total. The molecule has 2 fully saturated rings. The van der Waals surface area contributed by atoms with Gasteiger partial charge in [0.25, 0.3) is 0 Å². The highest BCUT2D eigenvalue weighted by molar-refractivity contribution is 9.10. The van der Waals surface area contributed by atoms with Crippen molar-refractivity contribution >= 4 is 15.9 Å². The Morgan fingerprint density at radius 2 is 2.00 bits per heavy atom. The number of hydrogen-bond donors (Lipinski definition) is 1. The maximum absolute atomic E-state index is 13.5. The van der Waals surface area contributed by atoms with Crippen LogP contribution in [0.25, 0.3) is 0 Å². The Labute approximate surface area is 135 Å². The number of nitrogens with one attached hydrogen (secondary N) is 1. The summed E-state index contributed by atoms with van der Waals surface area (Å²) in [6.07, 6.45) is 6.12. The smallest absolute Gasteiger partial charge is 0.123 e. The van der Waals surface area contributed by atoms with Gasteiger partial charge in [0.15, 0.2) is 0 Å². The molecule has 21 heavy (non-hydrogen) atoms. The highest BCUT2D eigenvalue weighted by atomic mass is 79.9. The van der Waals surface area contributed by atoms with E-state index in [1.54, 1.807) is 6.07 Å². The van der Waals surface area contributed by atoms with E-state index in [0.717, 1.165) is 28.5 Å². The Morgan fingerprint density at radius 3 is 2.62 bits per heavy atom. The molecule has 0 aliphatic carbocycles. The maximum Gasteiger partial charge on any atom is 0.123 e. The van der Waals surface area contributed by atoms with Crippen LogP contribution in [0.1, 0.15) is 31.2 Å². The summed E-state index contributed by atoms with van der Waals surface area (Å²) in [5.41, 5.74) is 1.07. The predicted octanol–water partition coefficient (Wildman–Crippen LogP) is 3.59. The first-order valence-electron chi connectivity index (χ1n) is 7.91. The number of nitrogens with zero attached hydrogens (tertiary/aromatic N) is 1. The van der Waals surface area contributed by atoms with Crippen LogP contribution in [0.5, 0.6) is 0 Å². The van der Waals surface area contributed by atoms with Crippen molar-refractivity contribution in [2.24, 2.45) is 5.92 Å². The molecule has 3 rings (SSSR count). The lowest BCUT2D eigenvalue weighted by atomic mass is 9.82. The number of benzene rings is 1. The van der Waals surface area contributed by atoms with E-state index in [0.29, 0.717) is 12.0 Å². The second kappa shape index (κ2) is 6.35. The molecule has 1 aromatic carbocycles. The summed E-state index contributed by atoms with van der Waals surface area (Å²) in [6.45, 7) is 0. The van der Waals surface area contributed by atoms with Crippen LogP contribution in [-0.4, -0.2) is 37.1 Å². The Bertz CT molecular complexity index is 494. The van der Waals surface area contributed by atoms with Gasteiger partial charge in [-0.1, -0.05) is 15.9 Å². The van der Waals surface area contributed by atoms with Gasteiger partial charge in [-0.25, -0.2) is 4.39 Å². The van der Waals surface area contributed by atoms with Crippen LogP contribution in [-0.2, 0) is 6.42 Å². The van der Waals surface area contributed by atoms with Crippen LogP contribution >= 0.6 is 15.9 Å². The highest BCUT2D eigenvalue weighted by Gasteiger charge is 2.40. The first-order chi connectivity index (χ1) is 10.1. The Morgan fingerprint density at radius 1 is 1.33 bits per heavy atom. The fourth-order valence-corrected chi connectivity index (χ4v) is 4.63. The molecule has 3 unspecified atom stereocenters. The first kappa shape index (κ1) is 15.4. The van der Waals surface area contributed by atoms with E-state index < -0.39 is 0 Å². The molecule has 2 saturated heterocycles. The van der Waals surface area contributed by atoms with Gasteiger partial charge in [-0.2, -0.15) is 0 Å². The quantitative estimate of drug-likeness (QED) is 0.888. The number of halogens is 2. The number of rotatable bonds is 4.